The van der Waals surface area contributed by atoms with Gasteiger partial charge in [0.1, 0.15) is 23.9 Å². The molecule has 0 spiro atoms. The lowest BCUT2D eigenvalue weighted by Gasteiger charge is -2.26. The van der Waals surface area contributed by atoms with E-state index in [4.69, 9.17) is 9.47 Å². The number of benzene rings is 2. The standard InChI is InChI=1S/C25H35N3O3/c1-17-22(31-16-15-28-13-5-4-6-14-28)12-11-21(25(17)29)24-23(18(2)26-27-24)19-7-9-20(30-3)10-8-19/h7-12,18,23-24,26-27,29H,4-6,13-16H2,1-3H3. The molecule has 3 unspecified atom stereocenters. The van der Waals surface area contributed by atoms with Crippen LogP contribution in [0.2, 0.25) is 0 Å². The van der Waals surface area contributed by atoms with E-state index in [0.717, 1.165) is 42.3 Å². The molecule has 168 valence electrons. The summed E-state index contributed by atoms with van der Waals surface area (Å²) in [6, 6.07) is 12.3. The summed E-state index contributed by atoms with van der Waals surface area (Å²) in [4.78, 5) is 2.46. The third-order valence-corrected chi connectivity index (χ3v) is 6.73. The van der Waals surface area contributed by atoms with Gasteiger partial charge in [0.15, 0.2) is 0 Å². The Labute approximate surface area is 185 Å². The predicted octanol–water partition coefficient (Wildman–Crippen LogP) is 3.90. The molecule has 2 aliphatic rings. The molecule has 4 rings (SSSR count). The molecule has 6 heteroatoms. The number of methoxy groups -OCH3 is 1. The summed E-state index contributed by atoms with van der Waals surface area (Å²) in [6.45, 7) is 8.00. The minimum Gasteiger partial charge on any atom is -0.507 e. The number of phenolic OH excluding ortho intramolecular Hbond substituents is 1. The SMILES string of the molecule is COc1ccc(C2C(C)NNC2c2ccc(OCCN3CCCCC3)c(C)c2O)cc1. The van der Waals surface area contributed by atoms with Crippen LogP contribution in [0.15, 0.2) is 36.4 Å². The van der Waals surface area contributed by atoms with Crippen molar-refractivity contribution in [3.63, 3.8) is 0 Å². The largest absolute Gasteiger partial charge is 0.507 e. The van der Waals surface area contributed by atoms with Crippen LogP contribution in [0.4, 0.5) is 0 Å². The van der Waals surface area contributed by atoms with Crippen LogP contribution in [0.1, 0.15) is 54.8 Å². The first-order chi connectivity index (χ1) is 15.1. The van der Waals surface area contributed by atoms with Crippen molar-refractivity contribution in [2.45, 2.75) is 51.1 Å². The first-order valence-corrected chi connectivity index (χ1v) is 11.4. The van der Waals surface area contributed by atoms with Crippen LogP contribution in [0.25, 0.3) is 0 Å². The minimum atomic E-state index is -0.0375. The van der Waals surface area contributed by atoms with Gasteiger partial charge in [0.25, 0.3) is 0 Å². The maximum Gasteiger partial charge on any atom is 0.127 e. The van der Waals surface area contributed by atoms with Crippen molar-refractivity contribution >= 4 is 0 Å². The highest BCUT2D eigenvalue weighted by Crippen LogP contribution is 2.43. The highest BCUT2D eigenvalue weighted by Gasteiger charge is 2.37. The van der Waals surface area contributed by atoms with E-state index >= 15 is 0 Å². The number of hydrogen-bond donors (Lipinski definition) is 3. The minimum absolute atomic E-state index is 0.0375. The Morgan fingerprint density at radius 2 is 1.77 bits per heavy atom. The molecule has 2 aromatic carbocycles. The maximum atomic E-state index is 11.0. The second-order valence-electron chi connectivity index (χ2n) is 8.73. The van der Waals surface area contributed by atoms with Crippen molar-refractivity contribution in [2.24, 2.45) is 0 Å². The van der Waals surface area contributed by atoms with Gasteiger partial charge in [-0.25, -0.2) is 5.43 Å². The van der Waals surface area contributed by atoms with E-state index in [1.54, 1.807) is 7.11 Å². The van der Waals surface area contributed by atoms with Gasteiger partial charge in [-0.1, -0.05) is 18.6 Å². The number of likely N-dealkylation sites (tertiary alicyclic amines) is 1. The van der Waals surface area contributed by atoms with E-state index in [1.807, 2.05) is 31.2 Å². The van der Waals surface area contributed by atoms with Crippen LogP contribution >= 0.6 is 0 Å². The monoisotopic (exact) mass is 425 g/mol. The van der Waals surface area contributed by atoms with E-state index < -0.39 is 0 Å². The van der Waals surface area contributed by atoms with Crippen molar-refractivity contribution < 1.29 is 14.6 Å². The lowest BCUT2D eigenvalue weighted by Crippen LogP contribution is -2.33. The maximum absolute atomic E-state index is 11.0. The molecular weight excluding hydrogens is 390 g/mol. The highest BCUT2D eigenvalue weighted by atomic mass is 16.5. The van der Waals surface area contributed by atoms with Crippen molar-refractivity contribution in [3.8, 4) is 17.2 Å². The summed E-state index contributed by atoms with van der Waals surface area (Å²) in [5.74, 6) is 2.10. The fourth-order valence-corrected chi connectivity index (χ4v) is 4.85. The second-order valence-corrected chi connectivity index (χ2v) is 8.73. The van der Waals surface area contributed by atoms with Gasteiger partial charge in [-0.15, -0.1) is 0 Å². The number of nitrogens with one attached hydrogen (secondary N) is 2. The molecule has 0 saturated carbocycles. The molecule has 2 fully saturated rings. The highest BCUT2D eigenvalue weighted by molar-refractivity contribution is 5.51. The fourth-order valence-electron chi connectivity index (χ4n) is 4.85. The molecule has 3 N–H and O–H groups in total. The molecule has 0 aromatic heterocycles. The molecule has 0 radical (unpaired) electrons. The summed E-state index contributed by atoms with van der Waals surface area (Å²) in [6.07, 6.45) is 3.90. The molecule has 0 aliphatic carbocycles. The predicted molar refractivity (Wildman–Crippen MR) is 123 cm³/mol. The zero-order valence-corrected chi connectivity index (χ0v) is 18.9. The van der Waals surface area contributed by atoms with Crippen LogP contribution in [-0.2, 0) is 0 Å². The van der Waals surface area contributed by atoms with Crippen LogP contribution in [0.5, 0.6) is 17.2 Å². The van der Waals surface area contributed by atoms with Crippen molar-refractivity contribution in [1.82, 2.24) is 15.8 Å². The van der Waals surface area contributed by atoms with Crippen LogP contribution < -0.4 is 20.3 Å². The zero-order chi connectivity index (χ0) is 21.8. The fraction of sp³-hybridized carbons (Fsp3) is 0.520. The molecule has 2 heterocycles. The topological polar surface area (TPSA) is 66.0 Å². The summed E-state index contributed by atoms with van der Waals surface area (Å²) >= 11 is 0. The Balaban J connectivity index is 1.48. The van der Waals surface area contributed by atoms with E-state index in [-0.39, 0.29) is 18.0 Å². The average Bonchev–Trinajstić information content (AvgIpc) is 3.18. The quantitative estimate of drug-likeness (QED) is 0.625. The Morgan fingerprint density at radius 3 is 2.48 bits per heavy atom. The van der Waals surface area contributed by atoms with Gasteiger partial charge in [0.2, 0.25) is 0 Å². The lowest BCUT2D eigenvalue weighted by atomic mass is 9.83. The van der Waals surface area contributed by atoms with Crippen LogP contribution in [0.3, 0.4) is 0 Å². The summed E-state index contributed by atoms with van der Waals surface area (Å²) in [7, 11) is 1.68. The molecule has 0 amide bonds. The van der Waals surface area contributed by atoms with Gasteiger partial charge in [-0.3, -0.25) is 10.3 Å². The summed E-state index contributed by atoms with van der Waals surface area (Å²) in [5, 5.41) is 11.0. The molecule has 0 bridgehead atoms. The average molecular weight is 426 g/mol. The Bertz CT molecular complexity index is 865. The zero-order valence-electron chi connectivity index (χ0n) is 18.9. The number of aromatic hydroxyl groups is 1. The first kappa shape index (κ1) is 21.9. The second kappa shape index (κ2) is 9.90. The smallest absolute Gasteiger partial charge is 0.127 e. The molecule has 3 atom stereocenters. The lowest BCUT2D eigenvalue weighted by molar-refractivity contribution is 0.182. The van der Waals surface area contributed by atoms with Crippen LogP contribution in [-0.4, -0.2) is 49.4 Å². The van der Waals surface area contributed by atoms with Crippen molar-refractivity contribution in [3.05, 3.63) is 53.1 Å². The molecular formula is C25H35N3O3. The van der Waals surface area contributed by atoms with Gasteiger partial charge in [-0.05, 0) is 69.6 Å². The Hall–Kier alpha value is -2.28. The van der Waals surface area contributed by atoms with E-state index in [2.05, 4.69) is 34.8 Å². The third kappa shape index (κ3) is 4.81. The van der Waals surface area contributed by atoms with Gasteiger partial charge >= 0.3 is 0 Å². The molecule has 31 heavy (non-hydrogen) atoms. The number of rotatable bonds is 7. The molecule has 2 aliphatic heterocycles. The van der Waals surface area contributed by atoms with Gasteiger partial charge in [0.05, 0.1) is 13.2 Å². The number of hydrazine groups is 1. The number of ether oxygens (including phenoxy) is 2. The van der Waals surface area contributed by atoms with Gasteiger partial charge < -0.3 is 14.6 Å². The van der Waals surface area contributed by atoms with Gasteiger partial charge in [-0.2, -0.15) is 0 Å². The van der Waals surface area contributed by atoms with Crippen molar-refractivity contribution in [2.75, 3.05) is 33.4 Å². The van der Waals surface area contributed by atoms with Crippen molar-refractivity contribution in [1.29, 1.82) is 0 Å². The summed E-state index contributed by atoms with van der Waals surface area (Å²) in [5.41, 5.74) is 9.62. The number of phenols is 1. The molecule has 2 aromatic rings. The van der Waals surface area contributed by atoms with E-state index in [0.29, 0.717) is 12.4 Å². The molecule has 2 saturated heterocycles. The molecule has 6 nitrogen and oxygen atoms in total. The number of nitrogens with zero attached hydrogens (tertiary/aromatic N) is 1. The Morgan fingerprint density at radius 1 is 1.03 bits per heavy atom. The normalized spacial score (nSPS) is 24.3. The Kier molecular flexibility index (Phi) is 7.00. The van der Waals surface area contributed by atoms with Gasteiger partial charge in [0, 0.05) is 29.6 Å². The van der Waals surface area contributed by atoms with Crippen LogP contribution in [0, 0.1) is 6.92 Å². The number of hydrogen-bond acceptors (Lipinski definition) is 6. The van der Waals surface area contributed by atoms with E-state index in [9.17, 15) is 5.11 Å². The number of piperidine rings is 1. The van der Waals surface area contributed by atoms with E-state index in [1.165, 1.54) is 24.8 Å². The first-order valence-electron chi connectivity index (χ1n) is 11.4. The summed E-state index contributed by atoms with van der Waals surface area (Å²) < 4.78 is 11.3. The third-order valence-electron chi connectivity index (χ3n) is 6.73.